The smallest absolute Gasteiger partial charge is 0.220 e. The van der Waals surface area contributed by atoms with Crippen LogP contribution in [0, 0.1) is 0 Å². The Morgan fingerprint density at radius 2 is 1.32 bits per heavy atom. The van der Waals surface area contributed by atoms with Crippen LogP contribution in [-0.2, 0) is 5.41 Å². The SMILES string of the molecule is CC1(C)c2ccccc2-c2ccc3c4c5ccccc5ccc4n(-c4nc5ccccc5n4-c4ccccc4)c3c21. The maximum Gasteiger partial charge on any atom is 0.220 e. The van der Waals surface area contributed by atoms with E-state index in [2.05, 4.69) is 150 Å². The Balaban J connectivity index is 1.54. The third-order valence-corrected chi connectivity index (χ3v) is 9.09. The zero-order valence-electron chi connectivity index (χ0n) is 23.0. The molecule has 3 nitrogen and oxygen atoms in total. The molecule has 8 aromatic rings. The Bertz CT molecular complexity index is 2330. The molecule has 0 spiro atoms. The van der Waals surface area contributed by atoms with E-state index in [1.807, 2.05) is 0 Å². The molecule has 1 aliphatic carbocycles. The Morgan fingerprint density at radius 1 is 0.561 bits per heavy atom. The Labute approximate surface area is 237 Å². The number of aromatic nitrogens is 3. The van der Waals surface area contributed by atoms with Gasteiger partial charge in [0.05, 0.1) is 22.1 Å². The number of hydrogen-bond acceptors (Lipinski definition) is 1. The van der Waals surface area contributed by atoms with E-state index < -0.39 is 0 Å². The number of hydrogen-bond donors (Lipinski definition) is 0. The highest BCUT2D eigenvalue weighted by Gasteiger charge is 2.39. The first-order valence-corrected chi connectivity index (χ1v) is 14.3. The van der Waals surface area contributed by atoms with Crippen molar-refractivity contribution in [2.75, 3.05) is 0 Å². The van der Waals surface area contributed by atoms with Gasteiger partial charge in [-0.05, 0) is 63.4 Å². The van der Waals surface area contributed by atoms with Gasteiger partial charge in [0.1, 0.15) is 0 Å². The molecule has 0 saturated heterocycles. The Hall–Kier alpha value is -5.15. The molecule has 1 aliphatic rings. The van der Waals surface area contributed by atoms with Gasteiger partial charge in [-0.15, -0.1) is 0 Å². The molecule has 2 aromatic heterocycles. The molecule has 0 unspecified atom stereocenters. The van der Waals surface area contributed by atoms with E-state index in [1.165, 1.54) is 54.8 Å². The summed E-state index contributed by atoms with van der Waals surface area (Å²) in [6.07, 6.45) is 0. The normalized spacial score (nSPS) is 13.8. The van der Waals surface area contributed by atoms with Gasteiger partial charge >= 0.3 is 0 Å². The van der Waals surface area contributed by atoms with E-state index in [9.17, 15) is 0 Å². The summed E-state index contributed by atoms with van der Waals surface area (Å²) in [5.74, 6) is 0.910. The predicted octanol–water partition coefficient (Wildman–Crippen LogP) is 9.58. The van der Waals surface area contributed by atoms with Crippen LogP contribution in [0.3, 0.4) is 0 Å². The molecule has 194 valence electrons. The lowest BCUT2D eigenvalue weighted by molar-refractivity contribution is 0.663. The number of rotatable bonds is 2. The van der Waals surface area contributed by atoms with Crippen molar-refractivity contribution in [3.05, 3.63) is 139 Å². The molecule has 0 saturated carbocycles. The number of para-hydroxylation sites is 3. The zero-order chi connectivity index (χ0) is 27.3. The van der Waals surface area contributed by atoms with Gasteiger partial charge in [-0.3, -0.25) is 9.13 Å². The molecule has 0 bridgehead atoms. The molecule has 0 radical (unpaired) electrons. The van der Waals surface area contributed by atoms with Crippen molar-refractivity contribution in [2.24, 2.45) is 0 Å². The molecule has 6 aromatic carbocycles. The number of nitrogens with zero attached hydrogens (tertiary/aromatic N) is 3. The standard InChI is InChI=1S/C38H27N3/c1-38(2)30-17-9-8-16-27(30)28-21-22-29-34-26-15-7-6-12-24(26)20-23-33(34)41(36(29)35(28)38)37-39-31-18-10-11-19-32(31)40(37)25-13-4-3-5-14-25/h3-23H,1-2H3. The summed E-state index contributed by atoms with van der Waals surface area (Å²) >= 11 is 0. The van der Waals surface area contributed by atoms with Gasteiger partial charge in [0.25, 0.3) is 0 Å². The number of benzene rings is 6. The molecule has 3 heteroatoms. The van der Waals surface area contributed by atoms with Crippen molar-refractivity contribution in [3.8, 4) is 22.8 Å². The minimum absolute atomic E-state index is 0.170. The lowest BCUT2D eigenvalue weighted by atomic mass is 9.81. The second kappa shape index (κ2) is 7.96. The van der Waals surface area contributed by atoms with Crippen LogP contribution >= 0.6 is 0 Å². The summed E-state index contributed by atoms with van der Waals surface area (Å²) in [4.78, 5) is 5.36. The van der Waals surface area contributed by atoms with Gasteiger partial charge in [0, 0.05) is 21.9 Å². The largest absolute Gasteiger partial charge is 0.279 e. The summed E-state index contributed by atoms with van der Waals surface area (Å²) < 4.78 is 4.76. The predicted molar refractivity (Wildman–Crippen MR) is 170 cm³/mol. The van der Waals surface area contributed by atoms with Crippen molar-refractivity contribution < 1.29 is 0 Å². The lowest BCUT2D eigenvalue weighted by Gasteiger charge is -2.23. The first kappa shape index (κ1) is 22.6. The van der Waals surface area contributed by atoms with E-state index >= 15 is 0 Å². The summed E-state index contributed by atoms with van der Waals surface area (Å²) in [6, 6.07) is 45.9. The summed E-state index contributed by atoms with van der Waals surface area (Å²) in [5, 5.41) is 5.06. The molecule has 9 rings (SSSR count). The maximum absolute atomic E-state index is 5.36. The summed E-state index contributed by atoms with van der Waals surface area (Å²) in [7, 11) is 0. The van der Waals surface area contributed by atoms with E-state index in [0.29, 0.717) is 0 Å². The van der Waals surface area contributed by atoms with Gasteiger partial charge in [-0.1, -0.05) is 111 Å². The highest BCUT2D eigenvalue weighted by Crippen LogP contribution is 2.53. The molecule has 0 amide bonds. The maximum atomic E-state index is 5.36. The van der Waals surface area contributed by atoms with Crippen molar-refractivity contribution in [2.45, 2.75) is 19.3 Å². The fourth-order valence-electron chi connectivity index (χ4n) is 7.33. The van der Waals surface area contributed by atoms with E-state index in [4.69, 9.17) is 4.98 Å². The van der Waals surface area contributed by atoms with Gasteiger partial charge < -0.3 is 0 Å². The Morgan fingerprint density at radius 3 is 2.22 bits per heavy atom. The topological polar surface area (TPSA) is 22.8 Å². The molecule has 2 heterocycles. The van der Waals surface area contributed by atoms with Gasteiger partial charge in [-0.2, -0.15) is 0 Å². The molecule has 0 fully saturated rings. The quantitative estimate of drug-likeness (QED) is 0.220. The first-order chi connectivity index (χ1) is 20.1. The van der Waals surface area contributed by atoms with Crippen molar-refractivity contribution in [1.29, 1.82) is 0 Å². The minimum Gasteiger partial charge on any atom is -0.279 e. The van der Waals surface area contributed by atoms with Gasteiger partial charge in [-0.25, -0.2) is 4.98 Å². The molecular weight excluding hydrogens is 498 g/mol. The highest BCUT2D eigenvalue weighted by molar-refractivity contribution is 6.23. The zero-order valence-corrected chi connectivity index (χ0v) is 23.0. The van der Waals surface area contributed by atoms with Crippen molar-refractivity contribution in [3.63, 3.8) is 0 Å². The Kier molecular flexibility index (Phi) is 4.39. The van der Waals surface area contributed by atoms with Crippen LogP contribution in [0.1, 0.15) is 25.0 Å². The lowest BCUT2D eigenvalue weighted by Crippen LogP contribution is -2.17. The van der Waals surface area contributed by atoms with E-state index in [-0.39, 0.29) is 5.41 Å². The number of imidazole rings is 1. The van der Waals surface area contributed by atoms with Gasteiger partial charge in [0.2, 0.25) is 5.95 Å². The second-order valence-electron chi connectivity index (χ2n) is 11.6. The van der Waals surface area contributed by atoms with E-state index in [0.717, 1.165) is 22.7 Å². The fraction of sp³-hybridized carbons (Fsp3) is 0.0789. The van der Waals surface area contributed by atoms with Crippen LogP contribution in [0.25, 0.3) is 66.4 Å². The summed E-state index contributed by atoms with van der Waals surface area (Å²) in [6.45, 7) is 4.74. The van der Waals surface area contributed by atoms with Crippen LogP contribution in [0.4, 0.5) is 0 Å². The van der Waals surface area contributed by atoms with E-state index in [1.54, 1.807) is 0 Å². The molecule has 41 heavy (non-hydrogen) atoms. The van der Waals surface area contributed by atoms with Crippen molar-refractivity contribution in [1.82, 2.24) is 14.1 Å². The first-order valence-electron chi connectivity index (χ1n) is 14.3. The van der Waals surface area contributed by atoms with Crippen molar-refractivity contribution >= 4 is 43.6 Å². The monoisotopic (exact) mass is 525 g/mol. The third kappa shape index (κ3) is 2.90. The van der Waals surface area contributed by atoms with Crippen LogP contribution in [-0.4, -0.2) is 14.1 Å². The molecule has 0 atom stereocenters. The highest BCUT2D eigenvalue weighted by atomic mass is 15.2. The minimum atomic E-state index is -0.170. The average molecular weight is 526 g/mol. The third-order valence-electron chi connectivity index (χ3n) is 9.09. The second-order valence-corrected chi connectivity index (χ2v) is 11.6. The van der Waals surface area contributed by atoms with Crippen LogP contribution in [0.5, 0.6) is 0 Å². The van der Waals surface area contributed by atoms with Crippen LogP contribution < -0.4 is 0 Å². The number of fused-ring (bicyclic) bond motifs is 10. The summed E-state index contributed by atoms with van der Waals surface area (Å²) in [5.41, 5.74) is 10.8. The van der Waals surface area contributed by atoms with Gasteiger partial charge in [0.15, 0.2) is 0 Å². The molecular formula is C38H27N3. The molecule has 0 N–H and O–H groups in total. The van der Waals surface area contributed by atoms with Crippen LogP contribution in [0.15, 0.2) is 127 Å². The average Bonchev–Trinajstić information content (AvgIpc) is 3.63. The van der Waals surface area contributed by atoms with Crippen LogP contribution in [0.2, 0.25) is 0 Å². The molecule has 0 aliphatic heterocycles. The fourth-order valence-corrected chi connectivity index (χ4v) is 7.33.